The van der Waals surface area contributed by atoms with Crippen molar-refractivity contribution in [1.29, 1.82) is 0 Å². The zero-order valence-electron chi connectivity index (χ0n) is 15.0. The maximum absolute atomic E-state index is 12.1. The second-order valence-corrected chi connectivity index (χ2v) is 8.32. The first-order chi connectivity index (χ1) is 12.7. The summed E-state index contributed by atoms with van der Waals surface area (Å²) in [5, 5.41) is 6.08. The number of aryl methyl sites for hydroxylation is 2. The van der Waals surface area contributed by atoms with E-state index in [2.05, 4.69) is 11.8 Å². The van der Waals surface area contributed by atoms with Crippen molar-refractivity contribution in [1.82, 2.24) is 0 Å². The fourth-order valence-electron chi connectivity index (χ4n) is 2.77. The van der Waals surface area contributed by atoms with Crippen molar-refractivity contribution < 1.29 is 8.42 Å². The van der Waals surface area contributed by atoms with Gasteiger partial charge in [-0.05, 0) is 55.8 Å². The molecule has 0 atom stereocenters. The SMILES string of the molecule is Cc1ccc(C#Cc2ccc(Cl)cc2)c(-c2cc(C)ccc2S(N)(=O)=O)c1. The third-order valence-electron chi connectivity index (χ3n) is 4.09. The Balaban J connectivity index is 2.20. The molecule has 3 rings (SSSR count). The van der Waals surface area contributed by atoms with E-state index in [0.717, 1.165) is 27.8 Å². The molecule has 0 aliphatic heterocycles. The fourth-order valence-corrected chi connectivity index (χ4v) is 3.62. The molecule has 0 heterocycles. The first-order valence-electron chi connectivity index (χ1n) is 8.26. The second-order valence-electron chi connectivity index (χ2n) is 6.35. The molecular weight excluding hydrogens is 378 g/mol. The lowest BCUT2D eigenvalue weighted by atomic mass is 9.96. The van der Waals surface area contributed by atoms with Gasteiger partial charge in [0.15, 0.2) is 0 Å². The van der Waals surface area contributed by atoms with Crippen LogP contribution in [0.25, 0.3) is 11.1 Å². The van der Waals surface area contributed by atoms with E-state index in [4.69, 9.17) is 16.7 Å². The average molecular weight is 396 g/mol. The van der Waals surface area contributed by atoms with Crippen LogP contribution in [-0.2, 0) is 10.0 Å². The van der Waals surface area contributed by atoms with Gasteiger partial charge < -0.3 is 0 Å². The van der Waals surface area contributed by atoms with Crippen LogP contribution >= 0.6 is 11.6 Å². The lowest BCUT2D eigenvalue weighted by Crippen LogP contribution is -2.13. The zero-order chi connectivity index (χ0) is 19.6. The van der Waals surface area contributed by atoms with Gasteiger partial charge in [0.05, 0.1) is 4.90 Å². The Bertz CT molecular complexity index is 1170. The van der Waals surface area contributed by atoms with E-state index in [0.29, 0.717) is 10.6 Å². The summed E-state index contributed by atoms with van der Waals surface area (Å²) in [6.07, 6.45) is 0. The Kier molecular flexibility index (Phi) is 5.38. The molecule has 0 unspecified atom stereocenters. The lowest BCUT2D eigenvalue weighted by molar-refractivity contribution is 0.598. The van der Waals surface area contributed by atoms with Crippen molar-refractivity contribution in [2.45, 2.75) is 18.7 Å². The van der Waals surface area contributed by atoms with E-state index in [1.165, 1.54) is 0 Å². The fraction of sp³-hybridized carbons (Fsp3) is 0.0909. The van der Waals surface area contributed by atoms with Gasteiger partial charge in [-0.25, -0.2) is 13.6 Å². The van der Waals surface area contributed by atoms with E-state index in [-0.39, 0.29) is 4.90 Å². The molecule has 2 N–H and O–H groups in total. The summed E-state index contributed by atoms with van der Waals surface area (Å²) in [5.74, 6) is 6.25. The molecule has 0 aliphatic rings. The third kappa shape index (κ3) is 4.58. The van der Waals surface area contributed by atoms with Crippen molar-refractivity contribution in [3.63, 3.8) is 0 Å². The summed E-state index contributed by atoms with van der Waals surface area (Å²) in [6.45, 7) is 3.86. The minimum absolute atomic E-state index is 0.0910. The summed E-state index contributed by atoms with van der Waals surface area (Å²) < 4.78 is 24.2. The highest BCUT2D eigenvalue weighted by atomic mass is 35.5. The van der Waals surface area contributed by atoms with E-state index in [9.17, 15) is 8.42 Å². The molecule has 0 aromatic heterocycles. The minimum atomic E-state index is -3.86. The molecule has 3 nitrogen and oxygen atoms in total. The van der Waals surface area contributed by atoms with Crippen molar-refractivity contribution in [3.8, 4) is 23.0 Å². The standard InChI is InChI=1S/C22H18ClNO2S/c1-15-3-8-18(9-5-17-6-10-19(23)11-7-17)20(13-15)21-14-16(2)4-12-22(21)27(24,25)26/h3-4,6-8,10-14H,1-2H3,(H2,24,25,26). The maximum atomic E-state index is 12.1. The van der Waals surface area contributed by atoms with Gasteiger partial charge in [-0.2, -0.15) is 0 Å². The normalized spacial score (nSPS) is 11.0. The molecule has 0 radical (unpaired) electrons. The average Bonchev–Trinajstić information content (AvgIpc) is 2.61. The number of sulfonamides is 1. The predicted octanol–water partition coefficient (Wildman–Crippen LogP) is 4.67. The Morgan fingerprint density at radius 2 is 1.41 bits per heavy atom. The zero-order valence-corrected chi connectivity index (χ0v) is 16.5. The number of rotatable bonds is 2. The molecule has 0 saturated heterocycles. The Morgan fingerprint density at radius 1 is 0.815 bits per heavy atom. The molecule has 0 fully saturated rings. The molecule has 0 spiro atoms. The van der Waals surface area contributed by atoms with Gasteiger partial charge in [0.2, 0.25) is 10.0 Å². The molecule has 0 bridgehead atoms. The van der Waals surface area contributed by atoms with E-state index < -0.39 is 10.0 Å². The van der Waals surface area contributed by atoms with Gasteiger partial charge in [0, 0.05) is 21.7 Å². The Labute approximate surface area is 164 Å². The van der Waals surface area contributed by atoms with Crippen molar-refractivity contribution >= 4 is 21.6 Å². The third-order valence-corrected chi connectivity index (χ3v) is 5.31. The van der Waals surface area contributed by atoms with E-state index >= 15 is 0 Å². The van der Waals surface area contributed by atoms with Crippen molar-refractivity contribution in [3.05, 3.63) is 87.9 Å². The van der Waals surface area contributed by atoms with Crippen LogP contribution < -0.4 is 5.14 Å². The summed E-state index contributed by atoms with van der Waals surface area (Å²) in [7, 11) is -3.86. The van der Waals surface area contributed by atoms with Crippen LogP contribution in [0.1, 0.15) is 22.3 Å². The summed E-state index contributed by atoms with van der Waals surface area (Å²) in [5.41, 5.74) is 4.79. The smallest absolute Gasteiger partial charge is 0.225 e. The van der Waals surface area contributed by atoms with Crippen LogP contribution in [-0.4, -0.2) is 8.42 Å². The molecule has 136 valence electrons. The minimum Gasteiger partial charge on any atom is -0.225 e. The van der Waals surface area contributed by atoms with Crippen LogP contribution in [0.3, 0.4) is 0 Å². The van der Waals surface area contributed by atoms with Gasteiger partial charge in [-0.3, -0.25) is 0 Å². The highest BCUT2D eigenvalue weighted by Gasteiger charge is 2.17. The van der Waals surface area contributed by atoms with Gasteiger partial charge in [0.25, 0.3) is 0 Å². The summed E-state index contributed by atoms with van der Waals surface area (Å²) in [4.78, 5) is 0.0910. The molecule has 0 aliphatic carbocycles. The largest absolute Gasteiger partial charge is 0.238 e. The Hall–Kier alpha value is -2.58. The molecule has 0 saturated carbocycles. The second kappa shape index (κ2) is 7.58. The molecule has 5 heteroatoms. The number of benzene rings is 3. The monoisotopic (exact) mass is 395 g/mol. The van der Waals surface area contributed by atoms with Crippen LogP contribution in [0, 0.1) is 25.7 Å². The molecule has 3 aromatic carbocycles. The molecule has 0 amide bonds. The maximum Gasteiger partial charge on any atom is 0.238 e. The van der Waals surface area contributed by atoms with Crippen molar-refractivity contribution in [2.75, 3.05) is 0 Å². The summed E-state index contributed by atoms with van der Waals surface area (Å²) >= 11 is 5.91. The number of nitrogens with two attached hydrogens (primary N) is 1. The quantitative estimate of drug-likeness (QED) is 0.641. The number of halogens is 1. The number of hydrogen-bond donors (Lipinski definition) is 1. The predicted molar refractivity (Wildman–Crippen MR) is 110 cm³/mol. The van der Waals surface area contributed by atoms with Gasteiger partial charge >= 0.3 is 0 Å². The summed E-state index contributed by atoms with van der Waals surface area (Å²) in [6, 6.07) is 18.1. The number of primary sulfonamides is 1. The van der Waals surface area contributed by atoms with E-state index in [1.807, 2.05) is 50.2 Å². The van der Waals surface area contributed by atoms with Crippen molar-refractivity contribution in [2.24, 2.45) is 5.14 Å². The first-order valence-corrected chi connectivity index (χ1v) is 10.2. The molecule has 27 heavy (non-hydrogen) atoms. The van der Waals surface area contributed by atoms with Crippen LogP contribution in [0.15, 0.2) is 65.6 Å². The van der Waals surface area contributed by atoms with Crippen LogP contribution in [0.4, 0.5) is 0 Å². The molecular formula is C22H18ClNO2S. The van der Waals surface area contributed by atoms with Crippen LogP contribution in [0.2, 0.25) is 5.02 Å². The van der Waals surface area contributed by atoms with Crippen LogP contribution in [0.5, 0.6) is 0 Å². The molecule has 3 aromatic rings. The van der Waals surface area contributed by atoms with Gasteiger partial charge in [0.1, 0.15) is 0 Å². The lowest BCUT2D eigenvalue weighted by Gasteiger charge is -2.12. The highest BCUT2D eigenvalue weighted by molar-refractivity contribution is 7.89. The van der Waals surface area contributed by atoms with E-state index in [1.54, 1.807) is 24.3 Å². The van der Waals surface area contributed by atoms with Gasteiger partial charge in [-0.15, -0.1) is 0 Å². The number of hydrogen-bond acceptors (Lipinski definition) is 2. The van der Waals surface area contributed by atoms with Gasteiger partial charge in [-0.1, -0.05) is 58.8 Å². The first kappa shape index (κ1) is 19.2. The topological polar surface area (TPSA) is 60.2 Å². The highest BCUT2D eigenvalue weighted by Crippen LogP contribution is 2.31. The Morgan fingerprint density at radius 3 is 2.04 bits per heavy atom.